The molecule has 5 heteroatoms. The minimum atomic E-state index is -0.139. The normalized spacial score (nSPS) is 15.7. The Morgan fingerprint density at radius 3 is 2.32 bits per heavy atom. The van der Waals surface area contributed by atoms with Crippen LogP contribution in [0, 0.1) is 0 Å². The van der Waals surface area contributed by atoms with Gasteiger partial charge in [0.2, 0.25) is 0 Å². The Morgan fingerprint density at radius 1 is 1.00 bits per heavy atom. The van der Waals surface area contributed by atoms with Gasteiger partial charge in [-0.25, -0.2) is 0 Å². The highest BCUT2D eigenvalue weighted by atomic mass is 16.5. The third-order valence-corrected chi connectivity index (χ3v) is 5.33. The minimum Gasteiger partial charge on any atom is -0.493 e. The number of carbonyl (C=O) groups excluding carboxylic acids is 1. The van der Waals surface area contributed by atoms with Crippen LogP contribution in [0.3, 0.4) is 0 Å². The second kappa shape index (κ2) is 9.60. The summed E-state index contributed by atoms with van der Waals surface area (Å²) in [5.74, 6) is 1.25. The largest absolute Gasteiger partial charge is 0.493 e. The number of ether oxygens (including phenoxy) is 2. The van der Waals surface area contributed by atoms with E-state index < -0.39 is 0 Å². The Labute approximate surface area is 167 Å². The van der Waals surface area contributed by atoms with Crippen LogP contribution in [0.2, 0.25) is 0 Å². The Morgan fingerprint density at radius 2 is 1.68 bits per heavy atom. The van der Waals surface area contributed by atoms with Gasteiger partial charge in [0.1, 0.15) is 0 Å². The minimum absolute atomic E-state index is 0.0770. The topological polar surface area (TPSA) is 50.8 Å². The molecule has 0 radical (unpaired) electrons. The Kier molecular flexibility index (Phi) is 6.93. The monoisotopic (exact) mass is 382 g/mol. The van der Waals surface area contributed by atoms with Crippen molar-refractivity contribution in [3.63, 3.8) is 0 Å². The number of nitrogens with one attached hydrogen (secondary N) is 1. The SMILES string of the molecule is COc1ccc(C(C)NC(=O)c2ccc(CN3CCCCC3)cc2)cc1OC. The molecular formula is C23H30N2O3. The van der Waals surface area contributed by atoms with E-state index in [1.54, 1.807) is 14.2 Å². The van der Waals surface area contributed by atoms with Crippen molar-refractivity contribution in [3.05, 3.63) is 59.2 Å². The zero-order chi connectivity index (χ0) is 19.9. The Balaban J connectivity index is 1.60. The standard InChI is InChI=1S/C23H30N2O3/c1-17(20-11-12-21(27-2)22(15-20)28-3)24-23(26)19-9-7-18(8-10-19)16-25-13-5-4-6-14-25/h7-12,15,17H,4-6,13-14,16H2,1-3H3,(H,24,26). The van der Waals surface area contributed by atoms with Crippen LogP contribution in [-0.2, 0) is 6.54 Å². The zero-order valence-electron chi connectivity index (χ0n) is 17.0. The predicted octanol–water partition coefficient (Wildman–Crippen LogP) is 4.18. The van der Waals surface area contributed by atoms with E-state index in [0.717, 1.165) is 12.1 Å². The lowest BCUT2D eigenvalue weighted by Gasteiger charge is -2.26. The molecule has 1 unspecified atom stereocenters. The lowest BCUT2D eigenvalue weighted by atomic mass is 10.1. The van der Waals surface area contributed by atoms with Crippen LogP contribution in [0.4, 0.5) is 0 Å². The summed E-state index contributed by atoms with van der Waals surface area (Å²) in [5, 5.41) is 3.06. The van der Waals surface area contributed by atoms with Gasteiger partial charge in [-0.2, -0.15) is 0 Å². The number of benzene rings is 2. The molecule has 1 heterocycles. The van der Waals surface area contributed by atoms with E-state index in [0.29, 0.717) is 17.1 Å². The molecule has 150 valence electrons. The van der Waals surface area contributed by atoms with Crippen molar-refractivity contribution in [2.75, 3.05) is 27.3 Å². The maximum absolute atomic E-state index is 12.6. The summed E-state index contributed by atoms with van der Waals surface area (Å²) in [7, 11) is 3.22. The summed E-state index contributed by atoms with van der Waals surface area (Å²) >= 11 is 0. The fourth-order valence-electron chi connectivity index (χ4n) is 3.62. The highest BCUT2D eigenvalue weighted by molar-refractivity contribution is 5.94. The van der Waals surface area contributed by atoms with Gasteiger partial charge in [0.25, 0.3) is 5.91 Å². The van der Waals surface area contributed by atoms with Gasteiger partial charge in [-0.1, -0.05) is 24.6 Å². The maximum Gasteiger partial charge on any atom is 0.251 e. The lowest BCUT2D eigenvalue weighted by molar-refractivity contribution is 0.0940. The maximum atomic E-state index is 12.6. The van der Waals surface area contributed by atoms with Crippen molar-refractivity contribution in [3.8, 4) is 11.5 Å². The number of nitrogens with zero attached hydrogens (tertiary/aromatic N) is 1. The lowest BCUT2D eigenvalue weighted by Crippen LogP contribution is -2.29. The Hall–Kier alpha value is -2.53. The molecule has 2 aromatic carbocycles. The van der Waals surface area contributed by atoms with Gasteiger partial charge in [-0.15, -0.1) is 0 Å². The van der Waals surface area contributed by atoms with Gasteiger partial charge in [-0.05, 0) is 68.2 Å². The summed E-state index contributed by atoms with van der Waals surface area (Å²) < 4.78 is 10.6. The van der Waals surface area contributed by atoms with Crippen molar-refractivity contribution >= 4 is 5.91 Å². The fraction of sp³-hybridized carbons (Fsp3) is 0.435. The van der Waals surface area contributed by atoms with E-state index in [9.17, 15) is 4.79 Å². The third kappa shape index (κ3) is 5.04. The summed E-state index contributed by atoms with van der Waals surface area (Å²) in [5.41, 5.74) is 2.90. The van der Waals surface area contributed by atoms with Crippen molar-refractivity contribution in [2.24, 2.45) is 0 Å². The Bertz CT molecular complexity index is 783. The van der Waals surface area contributed by atoms with Gasteiger partial charge in [0, 0.05) is 12.1 Å². The molecule has 1 amide bonds. The van der Waals surface area contributed by atoms with Crippen molar-refractivity contribution < 1.29 is 14.3 Å². The van der Waals surface area contributed by atoms with Crippen LogP contribution in [0.5, 0.6) is 11.5 Å². The van der Waals surface area contributed by atoms with E-state index >= 15 is 0 Å². The summed E-state index contributed by atoms with van der Waals surface area (Å²) in [4.78, 5) is 15.1. The number of hydrogen-bond acceptors (Lipinski definition) is 4. The fourth-order valence-corrected chi connectivity index (χ4v) is 3.62. The highest BCUT2D eigenvalue weighted by Gasteiger charge is 2.15. The van der Waals surface area contributed by atoms with E-state index in [2.05, 4.69) is 22.3 Å². The number of hydrogen-bond donors (Lipinski definition) is 1. The van der Waals surface area contributed by atoms with Gasteiger partial charge in [0.05, 0.1) is 20.3 Å². The molecule has 2 aromatic rings. The van der Waals surface area contributed by atoms with Crippen LogP contribution in [-0.4, -0.2) is 38.1 Å². The average molecular weight is 383 g/mol. The van der Waals surface area contributed by atoms with E-state index in [1.807, 2.05) is 37.3 Å². The first-order valence-electron chi connectivity index (χ1n) is 9.95. The molecule has 1 atom stereocenters. The first-order chi connectivity index (χ1) is 13.6. The van der Waals surface area contributed by atoms with E-state index in [-0.39, 0.29) is 11.9 Å². The second-order valence-corrected chi connectivity index (χ2v) is 7.34. The second-order valence-electron chi connectivity index (χ2n) is 7.34. The predicted molar refractivity (Wildman–Crippen MR) is 111 cm³/mol. The average Bonchev–Trinajstić information content (AvgIpc) is 2.74. The molecule has 0 aliphatic carbocycles. The summed E-state index contributed by atoms with van der Waals surface area (Å²) in [6, 6.07) is 13.5. The molecule has 1 N–H and O–H groups in total. The van der Waals surface area contributed by atoms with Crippen LogP contribution in [0.1, 0.15) is 53.7 Å². The summed E-state index contributed by atoms with van der Waals surface area (Å²) in [6.07, 6.45) is 3.91. The van der Waals surface area contributed by atoms with Gasteiger partial charge in [-0.3, -0.25) is 9.69 Å². The third-order valence-electron chi connectivity index (χ3n) is 5.33. The molecule has 1 aliphatic heterocycles. The smallest absolute Gasteiger partial charge is 0.251 e. The first-order valence-corrected chi connectivity index (χ1v) is 9.95. The van der Waals surface area contributed by atoms with Gasteiger partial charge >= 0.3 is 0 Å². The number of rotatable bonds is 7. The first kappa shape index (κ1) is 20.2. The van der Waals surface area contributed by atoms with Gasteiger partial charge < -0.3 is 14.8 Å². The number of likely N-dealkylation sites (tertiary alicyclic amines) is 1. The van der Waals surface area contributed by atoms with Crippen molar-refractivity contribution in [1.29, 1.82) is 0 Å². The van der Waals surface area contributed by atoms with Crippen LogP contribution in [0.15, 0.2) is 42.5 Å². The molecule has 1 aliphatic rings. The van der Waals surface area contributed by atoms with Crippen LogP contribution in [0.25, 0.3) is 0 Å². The van der Waals surface area contributed by atoms with Crippen LogP contribution < -0.4 is 14.8 Å². The molecule has 28 heavy (non-hydrogen) atoms. The molecule has 5 nitrogen and oxygen atoms in total. The van der Waals surface area contributed by atoms with E-state index in [4.69, 9.17) is 9.47 Å². The number of amides is 1. The van der Waals surface area contributed by atoms with Crippen molar-refractivity contribution in [2.45, 2.75) is 38.8 Å². The number of piperidine rings is 1. The van der Waals surface area contributed by atoms with Crippen molar-refractivity contribution in [1.82, 2.24) is 10.2 Å². The molecule has 0 bridgehead atoms. The van der Waals surface area contributed by atoms with E-state index in [1.165, 1.54) is 37.9 Å². The molecule has 3 rings (SSSR count). The highest BCUT2D eigenvalue weighted by Crippen LogP contribution is 2.30. The van der Waals surface area contributed by atoms with Gasteiger partial charge in [0.15, 0.2) is 11.5 Å². The molecule has 1 fully saturated rings. The quantitative estimate of drug-likeness (QED) is 0.780. The summed E-state index contributed by atoms with van der Waals surface area (Å²) in [6.45, 7) is 5.27. The van der Waals surface area contributed by atoms with Crippen LogP contribution >= 0.6 is 0 Å². The number of methoxy groups -OCH3 is 2. The molecule has 1 saturated heterocycles. The molecular weight excluding hydrogens is 352 g/mol. The zero-order valence-corrected chi connectivity index (χ0v) is 17.0. The molecule has 0 saturated carbocycles. The molecule has 0 aromatic heterocycles. The number of carbonyl (C=O) groups is 1. The molecule has 0 spiro atoms.